The monoisotopic (exact) mass is 401 g/mol. The Hall–Kier alpha value is -2.31. The van der Waals surface area contributed by atoms with Gasteiger partial charge in [-0.25, -0.2) is 0 Å². The van der Waals surface area contributed by atoms with Gasteiger partial charge in [-0.2, -0.15) is 0 Å². The van der Waals surface area contributed by atoms with E-state index in [1.54, 1.807) is 12.1 Å². The Morgan fingerprint density at radius 3 is 2.48 bits per heavy atom. The molecule has 1 heterocycles. The quantitative estimate of drug-likeness (QED) is 0.553. The van der Waals surface area contributed by atoms with E-state index >= 15 is 0 Å². The van der Waals surface area contributed by atoms with Crippen molar-refractivity contribution >= 4 is 35.3 Å². The summed E-state index contributed by atoms with van der Waals surface area (Å²) in [5, 5.41) is 11.2. The van der Waals surface area contributed by atoms with Crippen LogP contribution in [0.1, 0.15) is 36.8 Å². The zero-order valence-corrected chi connectivity index (χ0v) is 16.7. The van der Waals surface area contributed by atoms with Gasteiger partial charge in [-0.1, -0.05) is 54.8 Å². The number of hydrogen-bond acceptors (Lipinski definition) is 5. The molecule has 0 atom stereocenters. The van der Waals surface area contributed by atoms with Gasteiger partial charge in [-0.3, -0.25) is 10.1 Å². The van der Waals surface area contributed by atoms with Crippen molar-refractivity contribution in [2.24, 2.45) is 0 Å². The number of amides is 1. The molecule has 140 valence electrons. The highest BCUT2D eigenvalue weighted by atomic mass is 35.5. The molecular formula is C20H20ClN3O2S. The van der Waals surface area contributed by atoms with E-state index in [1.807, 2.05) is 12.1 Å². The van der Waals surface area contributed by atoms with Crippen LogP contribution in [0.15, 0.2) is 57.8 Å². The van der Waals surface area contributed by atoms with Crippen LogP contribution in [0.4, 0.5) is 6.01 Å². The zero-order valence-electron chi connectivity index (χ0n) is 15.1. The summed E-state index contributed by atoms with van der Waals surface area (Å²) in [4.78, 5) is 13.0. The third-order valence-corrected chi connectivity index (χ3v) is 5.16. The number of thioether (sulfide) groups is 1. The van der Waals surface area contributed by atoms with Crippen molar-refractivity contribution in [1.29, 1.82) is 0 Å². The van der Waals surface area contributed by atoms with Crippen molar-refractivity contribution in [3.63, 3.8) is 0 Å². The van der Waals surface area contributed by atoms with Gasteiger partial charge in [-0.05, 0) is 41.3 Å². The number of nitrogens with one attached hydrogen (secondary N) is 1. The van der Waals surface area contributed by atoms with Crippen LogP contribution >= 0.6 is 23.4 Å². The Bertz CT molecular complexity index is 892. The highest BCUT2D eigenvalue weighted by Crippen LogP contribution is 2.21. The van der Waals surface area contributed by atoms with Gasteiger partial charge in [0.05, 0.1) is 12.2 Å². The van der Waals surface area contributed by atoms with Crippen molar-refractivity contribution in [3.05, 3.63) is 70.6 Å². The number of carbonyl (C=O) groups is 1. The number of anilines is 1. The van der Waals surface area contributed by atoms with E-state index in [1.165, 1.54) is 17.3 Å². The van der Waals surface area contributed by atoms with Crippen LogP contribution in [-0.2, 0) is 11.2 Å². The van der Waals surface area contributed by atoms with Crippen LogP contribution in [0.25, 0.3) is 0 Å². The van der Waals surface area contributed by atoms with Crippen molar-refractivity contribution < 1.29 is 9.21 Å². The van der Waals surface area contributed by atoms with E-state index in [9.17, 15) is 4.79 Å². The molecule has 0 aliphatic carbocycles. The standard InChI is InChI=1S/C20H20ClN3O2S/c1-13(2)15-5-3-14(4-6-15)11-19-23-24-20(26-19)22-18(25)12-27-17-9-7-16(21)8-10-17/h3-10,13H,11-12H2,1-2H3,(H,22,24,25). The number of nitrogens with zero attached hydrogens (tertiary/aromatic N) is 2. The Kier molecular flexibility index (Phi) is 6.53. The summed E-state index contributed by atoms with van der Waals surface area (Å²) in [5.74, 6) is 1.00. The molecular weight excluding hydrogens is 382 g/mol. The molecule has 0 bridgehead atoms. The molecule has 0 spiro atoms. The molecule has 0 aliphatic heterocycles. The fourth-order valence-corrected chi connectivity index (χ4v) is 3.23. The fourth-order valence-electron chi connectivity index (χ4n) is 2.41. The Morgan fingerprint density at radius 2 is 1.81 bits per heavy atom. The average molecular weight is 402 g/mol. The molecule has 27 heavy (non-hydrogen) atoms. The van der Waals surface area contributed by atoms with Gasteiger partial charge in [0, 0.05) is 9.92 Å². The van der Waals surface area contributed by atoms with Crippen LogP contribution in [-0.4, -0.2) is 21.9 Å². The average Bonchev–Trinajstić information content (AvgIpc) is 3.08. The molecule has 1 N–H and O–H groups in total. The largest absolute Gasteiger partial charge is 0.407 e. The van der Waals surface area contributed by atoms with Gasteiger partial charge < -0.3 is 4.42 Å². The van der Waals surface area contributed by atoms with Crippen LogP contribution in [0.5, 0.6) is 0 Å². The maximum Gasteiger partial charge on any atom is 0.322 e. The van der Waals surface area contributed by atoms with E-state index in [-0.39, 0.29) is 17.7 Å². The highest BCUT2D eigenvalue weighted by Gasteiger charge is 2.11. The predicted octanol–water partition coefficient (Wildman–Crippen LogP) is 5.17. The van der Waals surface area contributed by atoms with Crippen molar-refractivity contribution in [2.75, 3.05) is 11.1 Å². The van der Waals surface area contributed by atoms with E-state index in [2.05, 4.69) is 53.6 Å². The molecule has 5 nitrogen and oxygen atoms in total. The third kappa shape index (κ3) is 5.84. The first-order valence-corrected chi connectivity index (χ1v) is 9.95. The van der Waals surface area contributed by atoms with E-state index in [0.717, 1.165) is 10.5 Å². The number of carbonyl (C=O) groups excluding carboxylic acids is 1. The Balaban J connectivity index is 1.51. The van der Waals surface area contributed by atoms with Gasteiger partial charge in [-0.15, -0.1) is 16.9 Å². The molecule has 0 aliphatic rings. The molecule has 3 aromatic rings. The van der Waals surface area contributed by atoms with E-state index < -0.39 is 0 Å². The summed E-state index contributed by atoms with van der Waals surface area (Å²) in [6, 6.07) is 15.8. The van der Waals surface area contributed by atoms with Crippen LogP contribution in [0, 0.1) is 0 Å². The minimum Gasteiger partial charge on any atom is -0.407 e. The number of benzene rings is 2. The third-order valence-electron chi connectivity index (χ3n) is 3.90. The second-order valence-corrected chi connectivity index (χ2v) is 7.85. The smallest absolute Gasteiger partial charge is 0.322 e. The summed E-state index contributed by atoms with van der Waals surface area (Å²) >= 11 is 7.26. The molecule has 2 aromatic carbocycles. The molecule has 1 aromatic heterocycles. The number of hydrogen-bond donors (Lipinski definition) is 1. The first kappa shape index (κ1) is 19.5. The lowest BCUT2D eigenvalue weighted by molar-refractivity contribution is -0.113. The molecule has 7 heteroatoms. The molecule has 0 fully saturated rings. The lowest BCUT2D eigenvalue weighted by Gasteiger charge is -2.05. The minimum absolute atomic E-state index is 0.116. The second kappa shape index (κ2) is 9.06. The lowest BCUT2D eigenvalue weighted by Crippen LogP contribution is -2.14. The van der Waals surface area contributed by atoms with Gasteiger partial charge in [0.15, 0.2) is 0 Å². The van der Waals surface area contributed by atoms with Gasteiger partial charge >= 0.3 is 6.01 Å². The van der Waals surface area contributed by atoms with Crippen molar-refractivity contribution in [1.82, 2.24) is 10.2 Å². The molecule has 3 rings (SSSR count). The molecule has 0 unspecified atom stereocenters. The Labute approximate surface area is 167 Å². The fraction of sp³-hybridized carbons (Fsp3) is 0.250. The summed E-state index contributed by atoms with van der Waals surface area (Å²) in [6.45, 7) is 4.32. The first-order chi connectivity index (χ1) is 13.0. The Morgan fingerprint density at radius 1 is 1.11 bits per heavy atom. The van der Waals surface area contributed by atoms with Gasteiger partial charge in [0.25, 0.3) is 0 Å². The van der Waals surface area contributed by atoms with E-state index in [4.69, 9.17) is 16.0 Å². The highest BCUT2D eigenvalue weighted by molar-refractivity contribution is 8.00. The van der Waals surface area contributed by atoms with E-state index in [0.29, 0.717) is 23.3 Å². The number of halogens is 1. The second-order valence-electron chi connectivity index (χ2n) is 6.36. The topological polar surface area (TPSA) is 68.0 Å². The SMILES string of the molecule is CC(C)c1ccc(Cc2nnc(NC(=O)CSc3ccc(Cl)cc3)o2)cc1. The van der Waals surface area contributed by atoms with Gasteiger partial charge in [0.1, 0.15) is 0 Å². The summed E-state index contributed by atoms with van der Waals surface area (Å²) in [5.41, 5.74) is 2.37. The molecule has 0 saturated heterocycles. The van der Waals surface area contributed by atoms with Crippen molar-refractivity contribution in [2.45, 2.75) is 31.1 Å². The zero-order chi connectivity index (χ0) is 19.2. The van der Waals surface area contributed by atoms with Gasteiger partial charge in [0.2, 0.25) is 11.8 Å². The maximum absolute atomic E-state index is 12.0. The lowest BCUT2D eigenvalue weighted by atomic mass is 10.0. The van der Waals surface area contributed by atoms with Crippen LogP contribution in [0.2, 0.25) is 5.02 Å². The predicted molar refractivity (Wildman–Crippen MR) is 108 cm³/mol. The van der Waals surface area contributed by atoms with Crippen molar-refractivity contribution in [3.8, 4) is 0 Å². The van der Waals surface area contributed by atoms with Crippen LogP contribution in [0.3, 0.4) is 0 Å². The summed E-state index contributed by atoms with van der Waals surface area (Å²) < 4.78 is 5.52. The normalized spacial score (nSPS) is 11.0. The summed E-state index contributed by atoms with van der Waals surface area (Å²) in [7, 11) is 0. The molecule has 0 radical (unpaired) electrons. The molecule has 0 saturated carbocycles. The van der Waals surface area contributed by atoms with Crippen LogP contribution < -0.4 is 5.32 Å². The number of rotatable bonds is 7. The maximum atomic E-state index is 12.0. The minimum atomic E-state index is -0.202. The summed E-state index contributed by atoms with van der Waals surface area (Å²) in [6.07, 6.45) is 0.529. The first-order valence-electron chi connectivity index (χ1n) is 8.59. The number of aromatic nitrogens is 2. The molecule has 1 amide bonds.